The summed E-state index contributed by atoms with van der Waals surface area (Å²) in [5, 5.41) is 4.93. The van der Waals surface area contributed by atoms with Gasteiger partial charge in [-0.2, -0.15) is 5.10 Å². The molecule has 0 bridgehead atoms. The van der Waals surface area contributed by atoms with Gasteiger partial charge in [-0.25, -0.2) is 9.67 Å². The van der Waals surface area contributed by atoms with Crippen LogP contribution in [0.25, 0.3) is 6.20 Å². The standard InChI is InChI=1S/C16H20ClN3/c1-16(2,3)14(10-20-12-18-11-19-20)7-4-13-5-8-15(17)9-6-13/h5-6,8-12H,4,7H2,1-3H3. The lowest BCUT2D eigenvalue weighted by molar-refractivity contribution is 0.483. The molecule has 4 heteroatoms. The Morgan fingerprint density at radius 1 is 1.25 bits per heavy atom. The lowest BCUT2D eigenvalue weighted by Gasteiger charge is -2.23. The van der Waals surface area contributed by atoms with Gasteiger partial charge in [0.15, 0.2) is 0 Å². The maximum Gasteiger partial charge on any atom is 0.138 e. The monoisotopic (exact) mass is 289 g/mol. The number of nitrogens with zero attached hydrogens (tertiary/aromatic N) is 3. The zero-order chi connectivity index (χ0) is 14.6. The Bertz CT molecular complexity index is 563. The summed E-state index contributed by atoms with van der Waals surface area (Å²) in [5.74, 6) is 0. The predicted octanol–water partition coefficient (Wildman–Crippen LogP) is 4.45. The van der Waals surface area contributed by atoms with Crippen LogP contribution in [0.15, 0.2) is 42.5 Å². The first-order valence-electron chi connectivity index (χ1n) is 6.75. The first kappa shape index (κ1) is 14.8. The molecule has 0 saturated heterocycles. The summed E-state index contributed by atoms with van der Waals surface area (Å²) in [7, 11) is 0. The third kappa shape index (κ3) is 4.20. The van der Waals surface area contributed by atoms with Gasteiger partial charge < -0.3 is 0 Å². The van der Waals surface area contributed by atoms with E-state index >= 15 is 0 Å². The fourth-order valence-corrected chi connectivity index (χ4v) is 2.13. The molecular weight excluding hydrogens is 270 g/mol. The number of hydrogen-bond donors (Lipinski definition) is 0. The first-order chi connectivity index (χ1) is 9.45. The highest BCUT2D eigenvalue weighted by Gasteiger charge is 2.17. The van der Waals surface area contributed by atoms with Crippen molar-refractivity contribution in [2.24, 2.45) is 5.41 Å². The second kappa shape index (κ2) is 6.23. The van der Waals surface area contributed by atoms with E-state index < -0.39 is 0 Å². The molecule has 0 aliphatic carbocycles. The number of benzene rings is 1. The minimum Gasteiger partial charge on any atom is -0.228 e. The Labute approximate surface area is 125 Å². The van der Waals surface area contributed by atoms with E-state index in [-0.39, 0.29) is 5.41 Å². The molecule has 0 radical (unpaired) electrons. The topological polar surface area (TPSA) is 30.7 Å². The van der Waals surface area contributed by atoms with Gasteiger partial charge in [0.05, 0.1) is 0 Å². The van der Waals surface area contributed by atoms with Gasteiger partial charge in [0.2, 0.25) is 0 Å². The van der Waals surface area contributed by atoms with Gasteiger partial charge in [-0.3, -0.25) is 0 Å². The average Bonchev–Trinajstić information content (AvgIpc) is 2.88. The number of aryl methyl sites for hydroxylation is 1. The molecule has 0 unspecified atom stereocenters. The molecule has 0 saturated carbocycles. The second-order valence-corrected chi connectivity index (χ2v) is 6.34. The lowest BCUT2D eigenvalue weighted by atomic mass is 9.83. The van der Waals surface area contributed by atoms with E-state index in [9.17, 15) is 0 Å². The molecule has 1 heterocycles. The van der Waals surface area contributed by atoms with Crippen LogP contribution in [0.4, 0.5) is 0 Å². The number of hydrogen-bond acceptors (Lipinski definition) is 2. The Balaban J connectivity index is 2.11. The minimum atomic E-state index is 0.109. The van der Waals surface area contributed by atoms with Crippen LogP contribution in [0.3, 0.4) is 0 Å². The van der Waals surface area contributed by atoms with Gasteiger partial charge in [-0.1, -0.05) is 44.5 Å². The highest BCUT2D eigenvalue weighted by molar-refractivity contribution is 6.30. The zero-order valence-corrected chi connectivity index (χ0v) is 12.9. The lowest BCUT2D eigenvalue weighted by Crippen LogP contribution is -2.11. The van der Waals surface area contributed by atoms with Crippen molar-refractivity contribution in [2.75, 3.05) is 0 Å². The Kier molecular flexibility index (Phi) is 4.61. The van der Waals surface area contributed by atoms with Crippen molar-refractivity contribution in [1.29, 1.82) is 0 Å². The second-order valence-electron chi connectivity index (χ2n) is 5.91. The Morgan fingerprint density at radius 3 is 2.50 bits per heavy atom. The van der Waals surface area contributed by atoms with E-state index in [4.69, 9.17) is 11.6 Å². The van der Waals surface area contributed by atoms with Gasteiger partial charge in [-0.05, 0) is 41.5 Å². The molecule has 2 rings (SSSR count). The molecular formula is C16H20ClN3. The molecule has 3 nitrogen and oxygen atoms in total. The van der Waals surface area contributed by atoms with E-state index in [1.54, 1.807) is 17.3 Å². The number of allylic oxidation sites excluding steroid dienone is 1. The third-order valence-corrected chi connectivity index (χ3v) is 3.54. The minimum absolute atomic E-state index is 0.109. The molecule has 0 aliphatic heterocycles. The molecule has 106 valence electrons. The quantitative estimate of drug-likeness (QED) is 0.832. The highest BCUT2D eigenvalue weighted by Crippen LogP contribution is 2.29. The summed E-state index contributed by atoms with van der Waals surface area (Å²) in [5.41, 5.74) is 2.75. The number of halogens is 1. The van der Waals surface area contributed by atoms with Crippen LogP contribution in [-0.2, 0) is 6.42 Å². The van der Waals surface area contributed by atoms with E-state index in [0.717, 1.165) is 17.9 Å². The predicted molar refractivity (Wildman–Crippen MR) is 83.5 cm³/mol. The van der Waals surface area contributed by atoms with Crippen LogP contribution in [-0.4, -0.2) is 14.8 Å². The molecule has 0 N–H and O–H groups in total. The molecule has 1 aromatic carbocycles. The van der Waals surface area contributed by atoms with Crippen LogP contribution in [0, 0.1) is 5.41 Å². The smallest absolute Gasteiger partial charge is 0.138 e. The maximum atomic E-state index is 5.91. The van der Waals surface area contributed by atoms with Crippen molar-refractivity contribution >= 4 is 17.8 Å². The van der Waals surface area contributed by atoms with Crippen molar-refractivity contribution in [1.82, 2.24) is 14.8 Å². The van der Waals surface area contributed by atoms with E-state index in [1.807, 2.05) is 12.1 Å². The highest BCUT2D eigenvalue weighted by atomic mass is 35.5. The van der Waals surface area contributed by atoms with Crippen LogP contribution in [0.2, 0.25) is 5.02 Å². The first-order valence-corrected chi connectivity index (χ1v) is 7.13. The van der Waals surface area contributed by atoms with Crippen molar-refractivity contribution in [3.05, 3.63) is 53.1 Å². The van der Waals surface area contributed by atoms with E-state index in [1.165, 1.54) is 11.1 Å². The maximum absolute atomic E-state index is 5.91. The van der Waals surface area contributed by atoms with E-state index in [0.29, 0.717) is 0 Å². The summed E-state index contributed by atoms with van der Waals surface area (Å²) in [6, 6.07) is 8.04. The molecule has 0 atom stereocenters. The molecule has 0 amide bonds. The van der Waals surface area contributed by atoms with Gasteiger partial charge in [0.1, 0.15) is 12.7 Å². The summed E-state index contributed by atoms with van der Waals surface area (Å²) in [6.45, 7) is 6.66. The van der Waals surface area contributed by atoms with Crippen LogP contribution < -0.4 is 0 Å². The molecule has 20 heavy (non-hydrogen) atoms. The molecule has 1 aromatic heterocycles. The molecule has 0 aliphatic rings. The molecule has 0 spiro atoms. The van der Waals surface area contributed by atoms with E-state index in [2.05, 4.69) is 49.2 Å². The summed E-state index contributed by atoms with van der Waals surface area (Å²) in [6.07, 6.45) is 7.33. The third-order valence-electron chi connectivity index (χ3n) is 3.28. The average molecular weight is 290 g/mol. The van der Waals surface area contributed by atoms with Crippen LogP contribution in [0.1, 0.15) is 32.8 Å². The fourth-order valence-electron chi connectivity index (χ4n) is 2.01. The van der Waals surface area contributed by atoms with Crippen LogP contribution in [0.5, 0.6) is 0 Å². The van der Waals surface area contributed by atoms with Crippen molar-refractivity contribution in [3.8, 4) is 0 Å². The largest absolute Gasteiger partial charge is 0.228 e. The Morgan fingerprint density at radius 2 is 1.95 bits per heavy atom. The van der Waals surface area contributed by atoms with Gasteiger partial charge in [-0.15, -0.1) is 0 Å². The van der Waals surface area contributed by atoms with Crippen molar-refractivity contribution < 1.29 is 0 Å². The number of aromatic nitrogens is 3. The van der Waals surface area contributed by atoms with Gasteiger partial charge in [0.25, 0.3) is 0 Å². The van der Waals surface area contributed by atoms with Gasteiger partial charge >= 0.3 is 0 Å². The molecule has 0 fully saturated rings. The summed E-state index contributed by atoms with van der Waals surface area (Å²) >= 11 is 5.91. The summed E-state index contributed by atoms with van der Waals surface area (Å²) in [4.78, 5) is 3.98. The number of rotatable bonds is 4. The summed E-state index contributed by atoms with van der Waals surface area (Å²) < 4.78 is 1.77. The fraction of sp³-hybridized carbons (Fsp3) is 0.375. The van der Waals surface area contributed by atoms with Crippen LogP contribution >= 0.6 is 11.6 Å². The van der Waals surface area contributed by atoms with Gasteiger partial charge in [0, 0.05) is 11.2 Å². The Hall–Kier alpha value is -1.61. The van der Waals surface area contributed by atoms with Crippen molar-refractivity contribution in [2.45, 2.75) is 33.6 Å². The SMILES string of the molecule is CC(C)(C)C(=Cn1cncn1)CCc1ccc(Cl)cc1. The van der Waals surface area contributed by atoms with Crippen molar-refractivity contribution in [3.63, 3.8) is 0 Å². The normalized spacial score (nSPS) is 12.7. The zero-order valence-electron chi connectivity index (χ0n) is 12.2. The molecule has 2 aromatic rings.